The van der Waals surface area contributed by atoms with E-state index in [1.54, 1.807) is 12.1 Å². The molecule has 1 fully saturated rings. The van der Waals surface area contributed by atoms with Gasteiger partial charge in [0.05, 0.1) is 17.4 Å². The van der Waals surface area contributed by atoms with Crippen LogP contribution in [-0.4, -0.2) is 35.4 Å². The van der Waals surface area contributed by atoms with Crippen LogP contribution in [-0.2, 0) is 4.74 Å². The van der Waals surface area contributed by atoms with E-state index in [2.05, 4.69) is 16.2 Å². The summed E-state index contributed by atoms with van der Waals surface area (Å²) in [5.74, 6) is -0.946. The molecule has 0 radical (unpaired) electrons. The molecule has 0 amide bonds. The molecule has 0 aromatic heterocycles. The Morgan fingerprint density at radius 2 is 2.15 bits per heavy atom. The summed E-state index contributed by atoms with van der Waals surface area (Å²) < 4.78 is 5.48. The average Bonchev–Trinajstić information content (AvgIpc) is 2.96. The monoisotopic (exact) mass is 295 g/mol. The Labute approximate surface area is 122 Å². The lowest BCUT2D eigenvalue weighted by Gasteiger charge is -2.15. The number of hydrogen-bond acceptors (Lipinski definition) is 4. The van der Waals surface area contributed by atoms with Crippen molar-refractivity contribution in [1.29, 1.82) is 0 Å². The lowest BCUT2D eigenvalue weighted by Crippen LogP contribution is -2.41. The number of benzene rings is 1. The molecule has 2 rings (SSSR count). The Balaban J connectivity index is 1.70. The van der Waals surface area contributed by atoms with Gasteiger partial charge in [-0.15, -0.1) is 0 Å². The van der Waals surface area contributed by atoms with Crippen LogP contribution in [0.4, 0.5) is 5.69 Å². The third-order valence-electron chi connectivity index (χ3n) is 2.97. The highest BCUT2D eigenvalue weighted by atomic mass is 32.1. The lowest BCUT2D eigenvalue weighted by atomic mass is 10.2. The molecule has 1 saturated heterocycles. The molecule has 0 bridgehead atoms. The third kappa shape index (κ3) is 4.36. The predicted octanol–water partition coefficient (Wildman–Crippen LogP) is 1.35. The van der Waals surface area contributed by atoms with E-state index in [-0.39, 0.29) is 11.7 Å². The number of thiocarbonyl (C=S) groups is 1. The van der Waals surface area contributed by atoms with Crippen LogP contribution in [0.3, 0.4) is 0 Å². The number of aromatic carboxylic acids is 1. The molecule has 1 atom stereocenters. The molecule has 7 heteroatoms. The van der Waals surface area contributed by atoms with E-state index in [9.17, 15) is 4.79 Å². The van der Waals surface area contributed by atoms with Gasteiger partial charge in [0.25, 0.3) is 0 Å². The summed E-state index contributed by atoms with van der Waals surface area (Å²) in [6, 6.07) is 6.38. The van der Waals surface area contributed by atoms with Gasteiger partial charge >= 0.3 is 5.97 Å². The third-order valence-corrected chi connectivity index (χ3v) is 3.21. The highest BCUT2D eigenvalue weighted by Gasteiger charge is 2.15. The highest BCUT2D eigenvalue weighted by Crippen LogP contribution is 2.10. The fraction of sp³-hybridized carbons (Fsp3) is 0.385. The smallest absolute Gasteiger partial charge is 0.335 e. The van der Waals surface area contributed by atoms with Crippen molar-refractivity contribution in [3.05, 3.63) is 29.8 Å². The molecule has 20 heavy (non-hydrogen) atoms. The quantitative estimate of drug-likeness (QED) is 0.482. The molecule has 0 spiro atoms. The minimum atomic E-state index is -0.946. The second-order valence-corrected chi connectivity index (χ2v) is 4.89. The first kappa shape index (κ1) is 14.5. The molecule has 1 aliphatic heterocycles. The summed E-state index contributed by atoms with van der Waals surface area (Å²) in [5.41, 5.74) is 6.72. The van der Waals surface area contributed by atoms with Gasteiger partial charge in [0, 0.05) is 13.2 Å². The molecule has 4 N–H and O–H groups in total. The van der Waals surface area contributed by atoms with Crippen molar-refractivity contribution < 1.29 is 14.6 Å². The van der Waals surface area contributed by atoms with Gasteiger partial charge in [-0.05, 0) is 49.3 Å². The van der Waals surface area contributed by atoms with Crippen LogP contribution in [0.1, 0.15) is 23.2 Å². The number of rotatable bonds is 5. The zero-order valence-electron chi connectivity index (χ0n) is 10.9. The van der Waals surface area contributed by atoms with Gasteiger partial charge in [0.1, 0.15) is 0 Å². The van der Waals surface area contributed by atoms with Crippen molar-refractivity contribution in [1.82, 2.24) is 10.7 Å². The minimum Gasteiger partial charge on any atom is -0.478 e. The van der Waals surface area contributed by atoms with Gasteiger partial charge in [-0.1, -0.05) is 0 Å². The van der Waals surface area contributed by atoms with E-state index in [0.717, 1.165) is 25.1 Å². The van der Waals surface area contributed by atoms with Gasteiger partial charge in [-0.3, -0.25) is 10.9 Å². The van der Waals surface area contributed by atoms with E-state index in [1.165, 1.54) is 12.1 Å². The molecule has 0 aliphatic carbocycles. The van der Waals surface area contributed by atoms with Crippen LogP contribution in [0.15, 0.2) is 24.3 Å². The van der Waals surface area contributed by atoms with Gasteiger partial charge in [0.2, 0.25) is 0 Å². The zero-order valence-corrected chi connectivity index (χ0v) is 11.7. The topological polar surface area (TPSA) is 82.6 Å². The number of nitrogens with one attached hydrogen (secondary N) is 3. The Kier molecular flexibility index (Phi) is 5.14. The first-order valence-electron chi connectivity index (χ1n) is 6.40. The van der Waals surface area contributed by atoms with Crippen molar-refractivity contribution in [2.24, 2.45) is 0 Å². The normalized spacial score (nSPS) is 17.5. The number of hydrazine groups is 1. The number of carbonyl (C=O) groups is 1. The zero-order chi connectivity index (χ0) is 14.4. The van der Waals surface area contributed by atoms with Crippen LogP contribution in [0, 0.1) is 0 Å². The molecule has 1 aromatic rings. The Bertz CT molecular complexity index is 472. The Morgan fingerprint density at radius 3 is 2.75 bits per heavy atom. The molecule has 1 heterocycles. The SMILES string of the molecule is O=C(O)c1ccc(NNC(=S)NC[C@H]2CCCO2)cc1. The van der Waals surface area contributed by atoms with E-state index in [0.29, 0.717) is 11.7 Å². The molecule has 6 nitrogen and oxygen atoms in total. The van der Waals surface area contributed by atoms with Crippen molar-refractivity contribution in [3.8, 4) is 0 Å². The largest absolute Gasteiger partial charge is 0.478 e. The van der Waals surface area contributed by atoms with E-state index >= 15 is 0 Å². The van der Waals surface area contributed by atoms with Gasteiger partial charge < -0.3 is 15.2 Å². The van der Waals surface area contributed by atoms with Crippen LogP contribution < -0.4 is 16.2 Å². The van der Waals surface area contributed by atoms with Crippen molar-refractivity contribution in [2.45, 2.75) is 18.9 Å². The van der Waals surface area contributed by atoms with E-state index in [4.69, 9.17) is 22.1 Å². The Hall–Kier alpha value is -1.86. The maximum absolute atomic E-state index is 10.7. The second-order valence-electron chi connectivity index (χ2n) is 4.48. The molecule has 1 aromatic carbocycles. The van der Waals surface area contributed by atoms with E-state index < -0.39 is 5.97 Å². The predicted molar refractivity (Wildman–Crippen MR) is 79.7 cm³/mol. The second kappa shape index (κ2) is 7.06. The summed E-state index contributed by atoms with van der Waals surface area (Å²) in [4.78, 5) is 10.7. The number of carboxylic acids is 1. The van der Waals surface area contributed by atoms with Gasteiger partial charge in [-0.2, -0.15) is 0 Å². The number of ether oxygens (including phenoxy) is 1. The fourth-order valence-electron chi connectivity index (χ4n) is 1.88. The summed E-state index contributed by atoms with van der Waals surface area (Å²) in [5, 5.41) is 12.3. The van der Waals surface area contributed by atoms with Crippen LogP contribution in [0.5, 0.6) is 0 Å². The van der Waals surface area contributed by atoms with E-state index in [1.807, 2.05) is 0 Å². The first-order valence-corrected chi connectivity index (χ1v) is 6.81. The van der Waals surface area contributed by atoms with Crippen LogP contribution in [0.25, 0.3) is 0 Å². The van der Waals surface area contributed by atoms with Crippen molar-refractivity contribution in [3.63, 3.8) is 0 Å². The first-order chi connectivity index (χ1) is 9.65. The van der Waals surface area contributed by atoms with Crippen LogP contribution in [0.2, 0.25) is 0 Å². The van der Waals surface area contributed by atoms with Gasteiger partial charge in [-0.25, -0.2) is 4.79 Å². The fourth-order valence-corrected chi connectivity index (χ4v) is 2.02. The van der Waals surface area contributed by atoms with Crippen molar-refractivity contribution >= 4 is 29.0 Å². The molecule has 1 aliphatic rings. The van der Waals surface area contributed by atoms with Crippen molar-refractivity contribution in [2.75, 3.05) is 18.6 Å². The standard InChI is InChI=1S/C13H17N3O3S/c17-12(18)9-3-5-10(6-4-9)15-16-13(20)14-8-11-2-1-7-19-11/h3-6,11,15H,1-2,7-8H2,(H,17,18)(H2,14,16,20)/t11-/m1/s1. The summed E-state index contributed by atoms with van der Waals surface area (Å²) in [6.07, 6.45) is 2.38. The average molecular weight is 295 g/mol. The highest BCUT2D eigenvalue weighted by molar-refractivity contribution is 7.80. The number of carboxylic acid groups (broad SMARTS) is 1. The van der Waals surface area contributed by atoms with Crippen LogP contribution >= 0.6 is 12.2 Å². The molecule has 0 saturated carbocycles. The maximum atomic E-state index is 10.7. The Morgan fingerprint density at radius 1 is 1.40 bits per heavy atom. The summed E-state index contributed by atoms with van der Waals surface area (Å²) in [6.45, 7) is 1.51. The molecule has 108 valence electrons. The minimum absolute atomic E-state index is 0.226. The summed E-state index contributed by atoms with van der Waals surface area (Å²) >= 11 is 5.12. The summed E-state index contributed by atoms with van der Waals surface area (Å²) in [7, 11) is 0. The molecular weight excluding hydrogens is 278 g/mol. The molecular formula is C13H17N3O3S. The lowest BCUT2D eigenvalue weighted by molar-refractivity contribution is 0.0697. The number of anilines is 1. The molecule has 0 unspecified atom stereocenters. The maximum Gasteiger partial charge on any atom is 0.335 e. The van der Waals surface area contributed by atoms with Gasteiger partial charge in [0.15, 0.2) is 5.11 Å². The number of hydrogen-bond donors (Lipinski definition) is 4.